The molecule has 1 aliphatic heterocycles. The van der Waals surface area contributed by atoms with Gasteiger partial charge in [-0.25, -0.2) is 0 Å². The van der Waals surface area contributed by atoms with Gasteiger partial charge in [-0.3, -0.25) is 9.59 Å². The van der Waals surface area contributed by atoms with Crippen LogP contribution in [0.3, 0.4) is 0 Å². The van der Waals surface area contributed by atoms with Gasteiger partial charge in [-0.15, -0.1) is 0 Å². The van der Waals surface area contributed by atoms with Gasteiger partial charge >= 0.3 is 0 Å². The van der Waals surface area contributed by atoms with Gasteiger partial charge in [0.25, 0.3) is 0 Å². The second-order valence-electron chi connectivity index (χ2n) is 4.11. The highest BCUT2D eigenvalue weighted by Gasteiger charge is 2.24. The summed E-state index contributed by atoms with van der Waals surface area (Å²) < 4.78 is 0. The second-order valence-corrected chi connectivity index (χ2v) is 4.11. The van der Waals surface area contributed by atoms with Crippen molar-refractivity contribution in [1.82, 2.24) is 15.1 Å². The maximum Gasteiger partial charge on any atom is 0.232 e. The van der Waals surface area contributed by atoms with E-state index in [4.69, 9.17) is 0 Å². The highest BCUT2D eigenvalue weighted by molar-refractivity contribution is 5.96. The Balaban J connectivity index is 2.48. The number of piperazine rings is 1. The van der Waals surface area contributed by atoms with Crippen molar-refractivity contribution in [3.63, 3.8) is 0 Å². The van der Waals surface area contributed by atoms with Crippen molar-refractivity contribution < 1.29 is 9.59 Å². The minimum atomic E-state index is -0.134. The van der Waals surface area contributed by atoms with E-state index in [0.717, 1.165) is 13.1 Å². The lowest BCUT2D eigenvalue weighted by Crippen LogP contribution is -2.52. The van der Waals surface area contributed by atoms with E-state index in [-0.39, 0.29) is 24.3 Å². The normalized spacial score (nSPS) is 21.3. The predicted octanol–water partition coefficient (Wildman–Crippen LogP) is -0.715. The molecule has 1 heterocycles. The molecule has 1 rings (SSSR count). The van der Waals surface area contributed by atoms with E-state index in [0.29, 0.717) is 6.54 Å². The zero-order valence-corrected chi connectivity index (χ0v) is 9.62. The van der Waals surface area contributed by atoms with Crippen LogP contribution in [0, 0.1) is 0 Å². The molecule has 0 aromatic heterocycles. The number of nitrogens with zero attached hydrogens (tertiary/aromatic N) is 2. The SMILES string of the molecule is C[C@@H]1CNCCN1C(=O)CC(=O)N(C)C. The van der Waals surface area contributed by atoms with Gasteiger partial charge < -0.3 is 15.1 Å². The summed E-state index contributed by atoms with van der Waals surface area (Å²) in [6, 6.07) is 0.182. The third-order valence-electron chi connectivity index (χ3n) is 2.62. The van der Waals surface area contributed by atoms with Crippen molar-refractivity contribution in [2.45, 2.75) is 19.4 Å². The Bertz CT molecular complexity index is 253. The van der Waals surface area contributed by atoms with Gasteiger partial charge in [0.1, 0.15) is 6.42 Å². The fraction of sp³-hybridized carbons (Fsp3) is 0.800. The fourth-order valence-electron chi connectivity index (χ4n) is 1.60. The molecule has 0 bridgehead atoms. The molecule has 1 atom stereocenters. The minimum Gasteiger partial charge on any atom is -0.348 e. The van der Waals surface area contributed by atoms with Crippen LogP contribution in [0.15, 0.2) is 0 Å². The third-order valence-corrected chi connectivity index (χ3v) is 2.62. The molecule has 0 radical (unpaired) electrons. The van der Waals surface area contributed by atoms with E-state index < -0.39 is 0 Å². The summed E-state index contributed by atoms with van der Waals surface area (Å²) in [5.41, 5.74) is 0. The number of carbonyl (C=O) groups excluding carboxylic acids is 2. The standard InChI is InChI=1S/C10H19N3O2/c1-8-7-11-4-5-13(8)10(15)6-9(14)12(2)3/h8,11H,4-7H2,1-3H3/t8-/m1/s1. The van der Waals surface area contributed by atoms with Crippen molar-refractivity contribution >= 4 is 11.8 Å². The summed E-state index contributed by atoms with van der Waals surface area (Å²) in [5.74, 6) is -0.201. The quantitative estimate of drug-likeness (QED) is 0.616. The maximum absolute atomic E-state index is 11.8. The molecule has 86 valence electrons. The Kier molecular flexibility index (Phi) is 4.08. The molecular formula is C10H19N3O2. The van der Waals surface area contributed by atoms with Crippen molar-refractivity contribution in [1.29, 1.82) is 0 Å². The van der Waals surface area contributed by atoms with Crippen LogP contribution in [-0.2, 0) is 9.59 Å². The van der Waals surface area contributed by atoms with Crippen molar-refractivity contribution in [2.24, 2.45) is 0 Å². The van der Waals surface area contributed by atoms with Crippen LogP contribution in [0.2, 0.25) is 0 Å². The number of hydrogen-bond acceptors (Lipinski definition) is 3. The number of nitrogens with one attached hydrogen (secondary N) is 1. The molecule has 5 heteroatoms. The number of hydrogen-bond donors (Lipinski definition) is 1. The van der Waals surface area contributed by atoms with Crippen molar-refractivity contribution in [2.75, 3.05) is 33.7 Å². The van der Waals surface area contributed by atoms with E-state index in [2.05, 4.69) is 5.32 Å². The number of rotatable bonds is 2. The Morgan fingerprint density at radius 2 is 2.13 bits per heavy atom. The van der Waals surface area contributed by atoms with E-state index in [1.807, 2.05) is 6.92 Å². The monoisotopic (exact) mass is 213 g/mol. The van der Waals surface area contributed by atoms with Gasteiger partial charge in [0, 0.05) is 39.8 Å². The minimum absolute atomic E-state index is 0.0165. The molecule has 15 heavy (non-hydrogen) atoms. The van der Waals surface area contributed by atoms with E-state index >= 15 is 0 Å². The first-order chi connectivity index (χ1) is 7.02. The average molecular weight is 213 g/mol. The topological polar surface area (TPSA) is 52.7 Å². The van der Waals surface area contributed by atoms with E-state index in [9.17, 15) is 9.59 Å². The average Bonchev–Trinajstić information content (AvgIpc) is 2.18. The summed E-state index contributed by atoms with van der Waals surface area (Å²) in [5, 5.41) is 3.21. The summed E-state index contributed by atoms with van der Waals surface area (Å²) in [6.07, 6.45) is -0.0165. The molecule has 0 aromatic carbocycles. The molecular weight excluding hydrogens is 194 g/mol. The predicted molar refractivity (Wildman–Crippen MR) is 57.4 cm³/mol. The molecule has 0 saturated carbocycles. The lowest BCUT2D eigenvalue weighted by molar-refractivity contribution is -0.141. The van der Waals surface area contributed by atoms with Crippen molar-refractivity contribution in [3.05, 3.63) is 0 Å². The Hall–Kier alpha value is -1.10. The lowest BCUT2D eigenvalue weighted by atomic mass is 10.2. The summed E-state index contributed by atoms with van der Waals surface area (Å²) in [6.45, 7) is 4.30. The lowest BCUT2D eigenvalue weighted by Gasteiger charge is -2.34. The van der Waals surface area contributed by atoms with Gasteiger partial charge in [0.2, 0.25) is 11.8 Å². The molecule has 2 amide bonds. The largest absolute Gasteiger partial charge is 0.348 e. The molecule has 0 spiro atoms. The van der Waals surface area contributed by atoms with Crippen LogP contribution in [0.25, 0.3) is 0 Å². The first-order valence-corrected chi connectivity index (χ1v) is 5.22. The molecule has 1 saturated heterocycles. The molecule has 5 nitrogen and oxygen atoms in total. The first kappa shape index (κ1) is 12.0. The molecule has 0 aliphatic carbocycles. The van der Waals surface area contributed by atoms with Crippen LogP contribution in [-0.4, -0.2) is 61.4 Å². The van der Waals surface area contributed by atoms with Gasteiger partial charge in [-0.05, 0) is 6.92 Å². The van der Waals surface area contributed by atoms with Gasteiger partial charge in [-0.1, -0.05) is 0 Å². The molecule has 1 aliphatic rings. The number of amides is 2. The smallest absolute Gasteiger partial charge is 0.232 e. The summed E-state index contributed by atoms with van der Waals surface area (Å²) in [4.78, 5) is 26.4. The Morgan fingerprint density at radius 3 is 2.67 bits per heavy atom. The zero-order chi connectivity index (χ0) is 11.4. The maximum atomic E-state index is 11.8. The Labute approximate surface area is 90.4 Å². The summed E-state index contributed by atoms with van der Waals surface area (Å²) in [7, 11) is 3.33. The van der Waals surface area contributed by atoms with Crippen LogP contribution in [0.4, 0.5) is 0 Å². The van der Waals surface area contributed by atoms with E-state index in [1.165, 1.54) is 4.90 Å². The molecule has 1 fully saturated rings. The van der Waals surface area contributed by atoms with Gasteiger partial charge in [-0.2, -0.15) is 0 Å². The fourth-order valence-corrected chi connectivity index (χ4v) is 1.60. The van der Waals surface area contributed by atoms with Crippen LogP contribution >= 0.6 is 0 Å². The van der Waals surface area contributed by atoms with Gasteiger partial charge in [0.15, 0.2) is 0 Å². The van der Waals surface area contributed by atoms with E-state index in [1.54, 1.807) is 19.0 Å². The first-order valence-electron chi connectivity index (χ1n) is 5.22. The zero-order valence-electron chi connectivity index (χ0n) is 9.62. The summed E-state index contributed by atoms with van der Waals surface area (Å²) >= 11 is 0. The third kappa shape index (κ3) is 3.20. The highest BCUT2D eigenvalue weighted by atomic mass is 16.2. The highest BCUT2D eigenvalue weighted by Crippen LogP contribution is 2.05. The second kappa shape index (κ2) is 5.11. The van der Waals surface area contributed by atoms with Crippen molar-refractivity contribution in [3.8, 4) is 0 Å². The van der Waals surface area contributed by atoms with Crippen LogP contribution in [0.1, 0.15) is 13.3 Å². The van der Waals surface area contributed by atoms with Gasteiger partial charge in [0.05, 0.1) is 0 Å². The van der Waals surface area contributed by atoms with Crippen LogP contribution in [0.5, 0.6) is 0 Å². The molecule has 0 aromatic rings. The molecule has 1 N–H and O–H groups in total. The number of carbonyl (C=O) groups is 2. The van der Waals surface area contributed by atoms with Crippen LogP contribution < -0.4 is 5.32 Å². The molecule has 0 unspecified atom stereocenters. The Morgan fingerprint density at radius 1 is 1.47 bits per heavy atom.